The van der Waals surface area contributed by atoms with E-state index in [1.807, 2.05) is 30.1 Å². The number of likely N-dealkylation sites (tertiary alicyclic amines) is 1. The van der Waals surface area contributed by atoms with Crippen LogP contribution in [0.3, 0.4) is 0 Å². The standard InChI is InChI=1S/C21H20FN5O/c1-25-17-11-14(21(28)26-9-3-2-4-10-26)5-7-16(17)20(24-25)18-12-23-19-8-6-15(22)13-27(18)19/h5-8,11-13H,2-4,9-10H2,1H3. The molecule has 0 bridgehead atoms. The number of fused-ring (bicyclic) bond motifs is 2. The van der Waals surface area contributed by atoms with E-state index >= 15 is 0 Å². The molecule has 0 saturated carbocycles. The highest BCUT2D eigenvalue weighted by molar-refractivity contribution is 6.01. The Morgan fingerprint density at radius 2 is 1.93 bits per heavy atom. The summed E-state index contributed by atoms with van der Waals surface area (Å²) >= 11 is 0. The van der Waals surface area contributed by atoms with Crippen molar-refractivity contribution in [3.05, 3.63) is 54.1 Å². The third-order valence-electron chi connectivity index (χ3n) is 5.45. The molecule has 6 nitrogen and oxygen atoms in total. The summed E-state index contributed by atoms with van der Waals surface area (Å²) in [4.78, 5) is 19.1. The maximum Gasteiger partial charge on any atom is 0.253 e. The fourth-order valence-electron chi connectivity index (χ4n) is 3.99. The van der Waals surface area contributed by atoms with Crippen molar-refractivity contribution in [2.45, 2.75) is 19.3 Å². The molecule has 1 fully saturated rings. The smallest absolute Gasteiger partial charge is 0.253 e. The van der Waals surface area contributed by atoms with E-state index in [0.717, 1.165) is 42.5 Å². The molecular formula is C21H20FN5O. The molecule has 1 saturated heterocycles. The van der Waals surface area contributed by atoms with Crippen molar-refractivity contribution < 1.29 is 9.18 Å². The first-order valence-corrected chi connectivity index (χ1v) is 9.51. The maximum atomic E-state index is 13.7. The molecule has 0 spiro atoms. The number of hydrogen-bond acceptors (Lipinski definition) is 3. The summed E-state index contributed by atoms with van der Waals surface area (Å²) in [5, 5.41) is 5.54. The average Bonchev–Trinajstić information content (AvgIpc) is 3.28. The minimum absolute atomic E-state index is 0.0706. The van der Waals surface area contributed by atoms with Crippen LogP contribution in [0.4, 0.5) is 4.39 Å². The summed E-state index contributed by atoms with van der Waals surface area (Å²) in [6.07, 6.45) is 6.42. The molecule has 0 N–H and O–H groups in total. The molecule has 0 unspecified atom stereocenters. The molecule has 0 radical (unpaired) electrons. The molecule has 5 rings (SSSR count). The third kappa shape index (κ3) is 2.66. The summed E-state index contributed by atoms with van der Waals surface area (Å²) in [6.45, 7) is 1.64. The highest BCUT2D eigenvalue weighted by Gasteiger charge is 2.21. The van der Waals surface area contributed by atoms with Crippen molar-refractivity contribution in [1.82, 2.24) is 24.1 Å². The van der Waals surface area contributed by atoms with Gasteiger partial charge in [0.15, 0.2) is 0 Å². The second-order valence-corrected chi connectivity index (χ2v) is 7.28. The van der Waals surface area contributed by atoms with Gasteiger partial charge in [-0.3, -0.25) is 13.9 Å². The minimum atomic E-state index is -0.332. The predicted molar refractivity (Wildman–Crippen MR) is 105 cm³/mol. The van der Waals surface area contributed by atoms with Gasteiger partial charge < -0.3 is 4.90 Å². The zero-order valence-corrected chi connectivity index (χ0v) is 15.6. The lowest BCUT2D eigenvalue weighted by atomic mass is 10.1. The van der Waals surface area contributed by atoms with Gasteiger partial charge in [-0.05, 0) is 49.6 Å². The molecule has 142 valence electrons. The van der Waals surface area contributed by atoms with Crippen LogP contribution in [0, 0.1) is 5.82 Å². The molecule has 28 heavy (non-hydrogen) atoms. The fourth-order valence-corrected chi connectivity index (χ4v) is 3.99. The summed E-state index contributed by atoms with van der Waals surface area (Å²) in [5.41, 5.74) is 3.63. The molecule has 4 aromatic rings. The highest BCUT2D eigenvalue weighted by Crippen LogP contribution is 2.29. The zero-order valence-electron chi connectivity index (χ0n) is 15.6. The van der Waals surface area contributed by atoms with Gasteiger partial charge in [0, 0.05) is 37.3 Å². The van der Waals surface area contributed by atoms with Crippen LogP contribution in [-0.2, 0) is 7.05 Å². The van der Waals surface area contributed by atoms with Gasteiger partial charge in [-0.2, -0.15) is 5.10 Å². The van der Waals surface area contributed by atoms with Gasteiger partial charge in [0.05, 0.1) is 17.4 Å². The van der Waals surface area contributed by atoms with Crippen LogP contribution < -0.4 is 0 Å². The van der Waals surface area contributed by atoms with E-state index in [0.29, 0.717) is 16.9 Å². The fraction of sp³-hybridized carbons (Fsp3) is 0.286. The molecule has 1 amide bonds. The third-order valence-corrected chi connectivity index (χ3v) is 5.45. The van der Waals surface area contributed by atoms with E-state index in [2.05, 4.69) is 10.1 Å². The van der Waals surface area contributed by atoms with Crippen LogP contribution in [0.1, 0.15) is 29.6 Å². The number of hydrogen-bond donors (Lipinski definition) is 0. The first kappa shape index (κ1) is 16.9. The van der Waals surface area contributed by atoms with Gasteiger partial charge >= 0.3 is 0 Å². The lowest BCUT2D eigenvalue weighted by Gasteiger charge is -2.26. The number of halogens is 1. The number of benzene rings is 1. The maximum absolute atomic E-state index is 13.7. The summed E-state index contributed by atoms with van der Waals surface area (Å²) in [7, 11) is 1.85. The molecular weight excluding hydrogens is 357 g/mol. The molecule has 3 aromatic heterocycles. The number of nitrogens with zero attached hydrogens (tertiary/aromatic N) is 5. The second-order valence-electron chi connectivity index (χ2n) is 7.28. The van der Waals surface area contributed by atoms with Gasteiger partial charge in [0.25, 0.3) is 5.91 Å². The zero-order chi connectivity index (χ0) is 19.3. The molecule has 1 aliphatic heterocycles. The minimum Gasteiger partial charge on any atom is -0.339 e. The van der Waals surface area contributed by atoms with E-state index in [1.54, 1.807) is 21.3 Å². The number of imidazole rings is 1. The SMILES string of the molecule is Cn1nc(-c2cnc3ccc(F)cn23)c2ccc(C(=O)N3CCCCC3)cc21. The normalized spacial score (nSPS) is 14.9. The molecule has 4 heterocycles. The van der Waals surface area contributed by atoms with Crippen molar-refractivity contribution >= 4 is 22.5 Å². The van der Waals surface area contributed by atoms with Gasteiger partial charge in [0.2, 0.25) is 0 Å². The number of rotatable bonds is 2. The van der Waals surface area contributed by atoms with Crippen LogP contribution in [-0.4, -0.2) is 43.1 Å². The van der Waals surface area contributed by atoms with Crippen LogP contribution >= 0.6 is 0 Å². The topological polar surface area (TPSA) is 55.4 Å². The van der Waals surface area contributed by atoms with Crippen LogP contribution in [0.15, 0.2) is 42.7 Å². The van der Waals surface area contributed by atoms with Crippen LogP contribution in [0.2, 0.25) is 0 Å². The van der Waals surface area contributed by atoms with Crippen molar-refractivity contribution in [2.24, 2.45) is 7.05 Å². The highest BCUT2D eigenvalue weighted by atomic mass is 19.1. The van der Waals surface area contributed by atoms with Crippen molar-refractivity contribution in [2.75, 3.05) is 13.1 Å². The van der Waals surface area contributed by atoms with Crippen LogP contribution in [0.25, 0.3) is 27.9 Å². The Morgan fingerprint density at radius 1 is 1.11 bits per heavy atom. The Balaban J connectivity index is 1.60. The first-order valence-electron chi connectivity index (χ1n) is 9.51. The summed E-state index contributed by atoms with van der Waals surface area (Å²) < 4.78 is 17.2. The Morgan fingerprint density at radius 3 is 2.75 bits per heavy atom. The van der Waals surface area contributed by atoms with Gasteiger partial charge in [-0.1, -0.05) is 0 Å². The van der Waals surface area contributed by atoms with Gasteiger partial charge in [0.1, 0.15) is 17.2 Å². The Labute approximate surface area is 161 Å². The Kier molecular flexibility index (Phi) is 3.89. The number of amides is 1. The van der Waals surface area contributed by atoms with Crippen molar-refractivity contribution in [1.29, 1.82) is 0 Å². The van der Waals surface area contributed by atoms with Crippen molar-refractivity contribution in [3.63, 3.8) is 0 Å². The molecule has 7 heteroatoms. The molecule has 1 aromatic carbocycles. The van der Waals surface area contributed by atoms with E-state index in [4.69, 9.17) is 0 Å². The summed E-state index contributed by atoms with van der Waals surface area (Å²) in [6, 6.07) is 8.70. The van der Waals surface area contributed by atoms with Gasteiger partial charge in [-0.25, -0.2) is 9.37 Å². The molecule has 0 atom stereocenters. The number of piperidine rings is 1. The van der Waals surface area contributed by atoms with E-state index in [-0.39, 0.29) is 11.7 Å². The number of aryl methyl sites for hydroxylation is 1. The lowest BCUT2D eigenvalue weighted by Crippen LogP contribution is -2.35. The number of aromatic nitrogens is 4. The lowest BCUT2D eigenvalue weighted by molar-refractivity contribution is 0.0724. The number of carbonyl (C=O) groups is 1. The second kappa shape index (κ2) is 6.44. The largest absolute Gasteiger partial charge is 0.339 e. The van der Waals surface area contributed by atoms with Crippen LogP contribution in [0.5, 0.6) is 0 Å². The average molecular weight is 377 g/mol. The number of carbonyl (C=O) groups excluding carboxylic acids is 1. The first-order chi connectivity index (χ1) is 13.6. The Hall–Kier alpha value is -3.22. The van der Waals surface area contributed by atoms with E-state index in [9.17, 15) is 9.18 Å². The molecule has 1 aliphatic rings. The Bertz CT molecular complexity index is 1200. The summed E-state index contributed by atoms with van der Waals surface area (Å²) in [5.74, 6) is -0.261. The molecule has 0 aliphatic carbocycles. The van der Waals surface area contributed by atoms with Crippen molar-refractivity contribution in [3.8, 4) is 11.4 Å². The predicted octanol–water partition coefficient (Wildman–Crippen LogP) is 3.65. The quantitative estimate of drug-likeness (QED) is 0.536. The number of pyridine rings is 1. The monoisotopic (exact) mass is 377 g/mol. The van der Waals surface area contributed by atoms with E-state index < -0.39 is 0 Å². The van der Waals surface area contributed by atoms with Gasteiger partial charge in [-0.15, -0.1) is 0 Å². The van der Waals surface area contributed by atoms with E-state index in [1.165, 1.54) is 18.7 Å².